The predicted molar refractivity (Wildman–Crippen MR) is 109 cm³/mol. The molecule has 2 heterocycles. The lowest BCUT2D eigenvalue weighted by molar-refractivity contribution is 0.0320. The van der Waals surface area contributed by atoms with E-state index in [-0.39, 0.29) is 0 Å². The largest absolute Gasteiger partial charge is 0.379 e. The number of rotatable bonds is 10. The Morgan fingerprint density at radius 2 is 1.96 bits per heavy atom. The van der Waals surface area contributed by atoms with E-state index in [9.17, 15) is 0 Å². The summed E-state index contributed by atoms with van der Waals surface area (Å²) in [6.45, 7) is 15.8. The van der Waals surface area contributed by atoms with E-state index in [0.717, 1.165) is 76.2 Å². The van der Waals surface area contributed by atoms with E-state index < -0.39 is 0 Å². The fraction of sp³-hybridized carbons (Fsp3) is 0.800. The van der Waals surface area contributed by atoms with Crippen molar-refractivity contribution in [3.63, 3.8) is 0 Å². The number of aliphatic imine (C=N–C) groups is 1. The smallest absolute Gasteiger partial charge is 0.191 e. The van der Waals surface area contributed by atoms with Crippen LogP contribution in [-0.4, -0.2) is 62.0 Å². The van der Waals surface area contributed by atoms with Gasteiger partial charge in [-0.3, -0.25) is 4.90 Å². The molecule has 2 rings (SSSR count). The molecular weight excluding hydrogens is 342 g/mol. The molecule has 27 heavy (non-hydrogen) atoms. The van der Waals surface area contributed by atoms with E-state index in [1.807, 2.05) is 6.07 Å². The molecule has 1 unspecified atom stereocenters. The zero-order valence-corrected chi connectivity index (χ0v) is 17.5. The van der Waals surface area contributed by atoms with E-state index in [4.69, 9.17) is 9.26 Å². The van der Waals surface area contributed by atoms with Gasteiger partial charge < -0.3 is 19.9 Å². The molecule has 0 aliphatic carbocycles. The number of nitrogens with one attached hydrogen (secondary N) is 2. The van der Waals surface area contributed by atoms with Gasteiger partial charge >= 0.3 is 0 Å². The molecule has 1 aliphatic rings. The molecule has 0 radical (unpaired) electrons. The number of guanidine groups is 1. The summed E-state index contributed by atoms with van der Waals surface area (Å²) in [5.74, 6) is 2.65. The number of hydrogen-bond donors (Lipinski definition) is 2. The topological polar surface area (TPSA) is 74.9 Å². The number of aromatic nitrogens is 1. The van der Waals surface area contributed by atoms with Crippen molar-refractivity contribution < 1.29 is 9.26 Å². The Kier molecular flexibility index (Phi) is 9.62. The second-order valence-corrected chi connectivity index (χ2v) is 7.33. The van der Waals surface area contributed by atoms with Gasteiger partial charge in [0.15, 0.2) is 11.7 Å². The molecule has 1 fully saturated rings. The van der Waals surface area contributed by atoms with Gasteiger partial charge in [-0.1, -0.05) is 25.9 Å². The van der Waals surface area contributed by atoms with Crippen LogP contribution in [0.2, 0.25) is 0 Å². The molecule has 7 heteroatoms. The van der Waals surface area contributed by atoms with Crippen molar-refractivity contribution in [2.45, 2.75) is 53.0 Å². The van der Waals surface area contributed by atoms with Gasteiger partial charge in [-0.15, -0.1) is 0 Å². The fourth-order valence-electron chi connectivity index (χ4n) is 3.36. The van der Waals surface area contributed by atoms with Crippen LogP contribution in [0.3, 0.4) is 0 Å². The lowest BCUT2D eigenvalue weighted by Gasteiger charge is -2.29. The van der Waals surface area contributed by atoms with Crippen molar-refractivity contribution in [3.8, 4) is 0 Å². The van der Waals surface area contributed by atoms with Crippen molar-refractivity contribution in [2.24, 2.45) is 10.9 Å². The molecule has 1 aromatic rings. The van der Waals surface area contributed by atoms with E-state index >= 15 is 0 Å². The van der Waals surface area contributed by atoms with Crippen LogP contribution in [0, 0.1) is 5.92 Å². The zero-order valence-electron chi connectivity index (χ0n) is 17.5. The van der Waals surface area contributed by atoms with E-state index in [1.54, 1.807) is 0 Å². The highest BCUT2D eigenvalue weighted by molar-refractivity contribution is 5.79. The molecule has 0 bridgehead atoms. The molecule has 0 saturated carbocycles. The van der Waals surface area contributed by atoms with Gasteiger partial charge in [0.05, 0.1) is 18.9 Å². The first-order valence-corrected chi connectivity index (χ1v) is 10.4. The molecular formula is C20H37N5O2. The molecule has 1 aromatic heterocycles. The van der Waals surface area contributed by atoms with Crippen molar-refractivity contribution in [3.05, 3.63) is 17.5 Å². The number of nitrogens with zero attached hydrogens (tertiary/aromatic N) is 3. The first kappa shape index (κ1) is 21.7. The Morgan fingerprint density at radius 3 is 2.63 bits per heavy atom. The Morgan fingerprint density at radius 1 is 1.22 bits per heavy atom. The highest BCUT2D eigenvalue weighted by Gasteiger charge is 2.15. The van der Waals surface area contributed by atoms with Gasteiger partial charge in [0.25, 0.3) is 0 Å². The Labute approximate surface area is 163 Å². The second kappa shape index (κ2) is 12.0. The fourth-order valence-corrected chi connectivity index (χ4v) is 3.36. The molecule has 0 amide bonds. The summed E-state index contributed by atoms with van der Waals surface area (Å²) < 4.78 is 10.9. The van der Waals surface area contributed by atoms with Gasteiger partial charge in [-0.25, -0.2) is 4.99 Å². The molecule has 0 aromatic carbocycles. The minimum Gasteiger partial charge on any atom is -0.379 e. The monoisotopic (exact) mass is 379 g/mol. The normalized spacial score (nSPS) is 17.3. The van der Waals surface area contributed by atoms with Crippen LogP contribution in [0.4, 0.5) is 0 Å². The van der Waals surface area contributed by atoms with Crippen molar-refractivity contribution in [1.29, 1.82) is 0 Å². The van der Waals surface area contributed by atoms with Crippen molar-refractivity contribution in [2.75, 3.05) is 45.9 Å². The van der Waals surface area contributed by atoms with Gasteiger partial charge in [-0.05, 0) is 25.7 Å². The average Bonchev–Trinajstić information content (AvgIpc) is 3.14. The van der Waals surface area contributed by atoms with Crippen LogP contribution >= 0.6 is 0 Å². The third-order valence-electron chi connectivity index (χ3n) is 5.01. The maximum Gasteiger partial charge on any atom is 0.191 e. The van der Waals surface area contributed by atoms with Crippen molar-refractivity contribution in [1.82, 2.24) is 20.7 Å². The maximum absolute atomic E-state index is 5.47. The summed E-state index contributed by atoms with van der Waals surface area (Å²) in [6, 6.07) is 2.05. The summed E-state index contributed by atoms with van der Waals surface area (Å²) in [7, 11) is 0. The third kappa shape index (κ3) is 7.50. The summed E-state index contributed by atoms with van der Waals surface area (Å²) in [6.07, 6.45) is 2.16. The summed E-state index contributed by atoms with van der Waals surface area (Å²) in [5.41, 5.74) is 1.04. The number of hydrogen-bond acceptors (Lipinski definition) is 5. The summed E-state index contributed by atoms with van der Waals surface area (Å²) in [5, 5.41) is 11.0. The quantitative estimate of drug-likeness (QED) is 0.481. The van der Waals surface area contributed by atoms with E-state index in [1.165, 1.54) is 0 Å². The molecule has 0 spiro atoms. The van der Waals surface area contributed by atoms with Crippen LogP contribution in [0.5, 0.6) is 0 Å². The lowest BCUT2D eigenvalue weighted by Crippen LogP contribution is -2.44. The van der Waals surface area contributed by atoms with Crippen molar-refractivity contribution >= 4 is 5.96 Å². The molecule has 7 nitrogen and oxygen atoms in total. The van der Waals surface area contributed by atoms with Crippen LogP contribution in [-0.2, 0) is 11.3 Å². The van der Waals surface area contributed by atoms with Gasteiger partial charge in [-0.2, -0.15) is 0 Å². The second-order valence-electron chi connectivity index (χ2n) is 7.33. The number of ether oxygens (including phenoxy) is 1. The van der Waals surface area contributed by atoms with Crippen LogP contribution in [0.1, 0.15) is 57.9 Å². The standard InChI is InChI=1S/C20H37N5O2/c1-5-17(6-2)19-12-18(27-24-19)14-23-20(21-7-3)22-13-16(4)15-25-8-10-26-11-9-25/h12,16-17H,5-11,13-15H2,1-4H3,(H2,21,22,23). The summed E-state index contributed by atoms with van der Waals surface area (Å²) >= 11 is 0. The maximum atomic E-state index is 5.47. The lowest BCUT2D eigenvalue weighted by atomic mass is 9.99. The minimum absolute atomic E-state index is 0.471. The highest BCUT2D eigenvalue weighted by Crippen LogP contribution is 2.22. The Balaban J connectivity index is 1.82. The van der Waals surface area contributed by atoms with Crippen LogP contribution < -0.4 is 10.6 Å². The average molecular weight is 380 g/mol. The molecule has 1 aliphatic heterocycles. The Hall–Kier alpha value is -1.60. The van der Waals surface area contributed by atoms with Crippen LogP contribution in [0.15, 0.2) is 15.6 Å². The minimum atomic E-state index is 0.471. The first-order valence-electron chi connectivity index (χ1n) is 10.4. The molecule has 2 N–H and O–H groups in total. The van der Waals surface area contributed by atoms with Crippen LogP contribution in [0.25, 0.3) is 0 Å². The van der Waals surface area contributed by atoms with Gasteiger partial charge in [0.2, 0.25) is 0 Å². The first-order chi connectivity index (χ1) is 13.2. The molecule has 154 valence electrons. The zero-order chi connectivity index (χ0) is 19.5. The molecule has 1 atom stereocenters. The van der Waals surface area contributed by atoms with E-state index in [0.29, 0.717) is 18.4 Å². The van der Waals surface area contributed by atoms with Gasteiger partial charge in [0, 0.05) is 44.7 Å². The third-order valence-corrected chi connectivity index (χ3v) is 5.01. The summed E-state index contributed by atoms with van der Waals surface area (Å²) in [4.78, 5) is 7.12. The van der Waals surface area contributed by atoms with E-state index in [2.05, 4.69) is 53.4 Å². The molecule has 1 saturated heterocycles. The van der Waals surface area contributed by atoms with Gasteiger partial charge in [0.1, 0.15) is 6.54 Å². The number of morpholine rings is 1. The SMILES string of the molecule is CCNC(=NCc1cc(C(CC)CC)no1)NCC(C)CN1CCOCC1. The Bertz CT molecular complexity index is 550. The highest BCUT2D eigenvalue weighted by atomic mass is 16.5. The predicted octanol–water partition coefficient (Wildman–Crippen LogP) is 2.60.